The molecule has 0 bridgehead atoms. The first-order chi connectivity index (χ1) is 6.37. The average Bonchev–Trinajstić information content (AvgIpc) is 2.02. The van der Waals surface area contributed by atoms with E-state index in [9.17, 15) is 18.0 Å². The summed E-state index contributed by atoms with van der Waals surface area (Å²) in [6, 6.07) is 0. The summed E-state index contributed by atoms with van der Waals surface area (Å²) in [5.74, 6) is -0.679. The molecule has 0 aliphatic heterocycles. The van der Waals surface area contributed by atoms with Crippen LogP contribution in [0.1, 0.15) is 6.92 Å². The van der Waals surface area contributed by atoms with Gasteiger partial charge in [-0.25, -0.2) is 4.79 Å². The summed E-state index contributed by atoms with van der Waals surface area (Å²) in [6.07, 6.45) is -4.28. The Labute approximate surface area is 79.9 Å². The smallest absolute Gasteiger partial charge is 0.401 e. The van der Waals surface area contributed by atoms with Gasteiger partial charge in [-0.1, -0.05) is 6.58 Å². The average molecular weight is 211 g/mol. The van der Waals surface area contributed by atoms with Gasteiger partial charge >= 0.3 is 12.1 Å². The zero-order chi connectivity index (χ0) is 11.2. The summed E-state index contributed by atoms with van der Waals surface area (Å²) < 4.78 is 39.5. The Morgan fingerprint density at radius 2 is 2.07 bits per heavy atom. The van der Waals surface area contributed by atoms with Crippen LogP contribution in [0, 0.1) is 0 Å². The highest BCUT2D eigenvalue weighted by molar-refractivity contribution is 5.88. The van der Waals surface area contributed by atoms with Crippen molar-refractivity contribution in [2.45, 2.75) is 13.1 Å². The topological polar surface area (TPSA) is 38.3 Å². The molecule has 14 heavy (non-hydrogen) atoms. The van der Waals surface area contributed by atoms with Gasteiger partial charge < -0.3 is 10.1 Å². The first-order valence-electron chi connectivity index (χ1n) is 3.99. The van der Waals surface area contributed by atoms with Crippen molar-refractivity contribution in [2.24, 2.45) is 0 Å². The van der Waals surface area contributed by atoms with E-state index in [1.807, 2.05) is 5.32 Å². The SMILES string of the molecule is C=C(CNCC(F)(F)F)C(=O)OCC. The van der Waals surface area contributed by atoms with E-state index in [0.717, 1.165) is 0 Å². The lowest BCUT2D eigenvalue weighted by atomic mass is 10.3. The Morgan fingerprint density at radius 1 is 1.50 bits per heavy atom. The highest BCUT2D eigenvalue weighted by Crippen LogP contribution is 2.12. The summed E-state index contributed by atoms with van der Waals surface area (Å²) in [7, 11) is 0. The third kappa shape index (κ3) is 6.47. The van der Waals surface area contributed by atoms with Gasteiger partial charge in [-0.15, -0.1) is 0 Å². The van der Waals surface area contributed by atoms with Crippen LogP contribution in [0.15, 0.2) is 12.2 Å². The van der Waals surface area contributed by atoms with Crippen LogP contribution in [0.4, 0.5) is 13.2 Å². The van der Waals surface area contributed by atoms with Gasteiger partial charge in [0.25, 0.3) is 0 Å². The number of carbonyl (C=O) groups excluding carboxylic acids is 1. The number of alkyl halides is 3. The van der Waals surface area contributed by atoms with Crippen LogP contribution in [0.5, 0.6) is 0 Å². The lowest BCUT2D eigenvalue weighted by molar-refractivity contribution is -0.139. The van der Waals surface area contributed by atoms with E-state index in [2.05, 4.69) is 11.3 Å². The van der Waals surface area contributed by atoms with Crippen molar-refractivity contribution < 1.29 is 22.7 Å². The standard InChI is InChI=1S/C8H12F3NO2/c1-3-14-7(13)6(2)4-12-5-8(9,10)11/h12H,2-5H2,1H3. The van der Waals surface area contributed by atoms with E-state index in [1.165, 1.54) is 0 Å². The van der Waals surface area contributed by atoms with Crippen molar-refractivity contribution in [3.8, 4) is 0 Å². The number of ether oxygens (including phenoxy) is 1. The zero-order valence-electron chi connectivity index (χ0n) is 7.78. The molecule has 0 saturated heterocycles. The quantitative estimate of drug-likeness (QED) is 0.549. The van der Waals surface area contributed by atoms with Crippen molar-refractivity contribution in [1.29, 1.82) is 0 Å². The Bertz CT molecular complexity index is 213. The monoisotopic (exact) mass is 211 g/mol. The minimum Gasteiger partial charge on any atom is -0.463 e. The van der Waals surface area contributed by atoms with Gasteiger partial charge in [0.05, 0.1) is 13.2 Å². The third-order valence-corrected chi connectivity index (χ3v) is 1.23. The molecule has 0 spiro atoms. The Hall–Kier alpha value is -1.04. The lowest BCUT2D eigenvalue weighted by Gasteiger charge is -2.09. The largest absolute Gasteiger partial charge is 0.463 e. The molecule has 1 N–H and O–H groups in total. The second-order valence-electron chi connectivity index (χ2n) is 2.54. The highest BCUT2D eigenvalue weighted by atomic mass is 19.4. The molecule has 3 nitrogen and oxygen atoms in total. The fourth-order valence-electron chi connectivity index (χ4n) is 0.660. The number of carbonyl (C=O) groups is 1. The third-order valence-electron chi connectivity index (χ3n) is 1.23. The van der Waals surface area contributed by atoms with Gasteiger partial charge in [0.2, 0.25) is 0 Å². The van der Waals surface area contributed by atoms with E-state index in [-0.39, 0.29) is 18.7 Å². The summed E-state index contributed by atoms with van der Waals surface area (Å²) >= 11 is 0. The number of hydrogen-bond donors (Lipinski definition) is 1. The Balaban J connectivity index is 3.70. The van der Waals surface area contributed by atoms with Gasteiger partial charge in [-0.2, -0.15) is 13.2 Å². The van der Waals surface area contributed by atoms with Gasteiger partial charge in [0, 0.05) is 12.1 Å². The molecule has 0 rings (SSSR count). The van der Waals surface area contributed by atoms with Crippen molar-refractivity contribution in [3.05, 3.63) is 12.2 Å². The maximum absolute atomic E-state index is 11.6. The summed E-state index contributed by atoms with van der Waals surface area (Å²) in [6.45, 7) is 3.70. The van der Waals surface area contributed by atoms with Gasteiger partial charge in [-0.05, 0) is 6.92 Å². The molecule has 0 aromatic carbocycles. The minimum atomic E-state index is -4.28. The van der Waals surface area contributed by atoms with Crippen LogP contribution in [0.2, 0.25) is 0 Å². The molecular weight excluding hydrogens is 199 g/mol. The lowest BCUT2D eigenvalue weighted by Crippen LogP contribution is -2.31. The summed E-state index contributed by atoms with van der Waals surface area (Å²) in [5, 5.41) is 2.04. The molecule has 6 heteroatoms. The Morgan fingerprint density at radius 3 is 2.50 bits per heavy atom. The van der Waals surface area contributed by atoms with Crippen molar-refractivity contribution in [2.75, 3.05) is 19.7 Å². The molecule has 0 aromatic heterocycles. The predicted octanol–water partition coefficient (Wildman–Crippen LogP) is 1.26. The second-order valence-corrected chi connectivity index (χ2v) is 2.54. The van der Waals surface area contributed by atoms with E-state index < -0.39 is 18.7 Å². The zero-order valence-corrected chi connectivity index (χ0v) is 7.78. The van der Waals surface area contributed by atoms with Gasteiger partial charge in [-0.3, -0.25) is 0 Å². The molecule has 82 valence electrons. The second kappa shape index (κ2) is 5.64. The van der Waals surface area contributed by atoms with Crippen LogP contribution >= 0.6 is 0 Å². The van der Waals surface area contributed by atoms with E-state index in [0.29, 0.717) is 0 Å². The van der Waals surface area contributed by atoms with Crippen LogP contribution in [-0.2, 0) is 9.53 Å². The molecule has 0 saturated carbocycles. The maximum atomic E-state index is 11.6. The molecule has 0 unspecified atom stereocenters. The summed E-state index contributed by atoms with van der Waals surface area (Å²) in [4.78, 5) is 10.9. The molecule has 0 atom stereocenters. The van der Waals surface area contributed by atoms with Crippen molar-refractivity contribution in [1.82, 2.24) is 5.32 Å². The first-order valence-corrected chi connectivity index (χ1v) is 3.99. The predicted molar refractivity (Wildman–Crippen MR) is 44.7 cm³/mol. The number of hydrogen-bond acceptors (Lipinski definition) is 3. The molecule has 0 aliphatic rings. The van der Waals surface area contributed by atoms with E-state index >= 15 is 0 Å². The highest BCUT2D eigenvalue weighted by Gasteiger charge is 2.26. The minimum absolute atomic E-state index is 0.0175. The van der Waals surface area contributed by atoms with Crippen LogP contribution < -0.4 is 5.32 Å². The number of esters is 1. The van der Waals surface area contributed by atoms with E-state index in [4.69, 9.17) is 0 Å². The van der Waals surface area contributed by atoms with Crippen molar-refractivity contribution in [3.63, 3.8) is 0 Å². The molecule has 0 aliphatic carbocycles. The molecule has 0 radical (unpaired) electrons. The van der Waals surface area contributed by atoms with Gasteiger partial charge in [0.15, 0.2) is 0 Å². The molecule has 0 aromatic rings. The van der Waals surface area contributed by atoms with Gasteiger partial charge in [0.1, 0.15) is 0 Å². The number of halogens is 3. The normalized spacial score (nSPS) is 11.1. The number of rotatable bonds is 5. The van der Waals surface area contributed by atoms with Crippen molar-refractivity contribution >= 4 is 5.97 Å². The van der Waals surface area contributed by atoms with Crippen LogP contribution in [-0.4, -0.2) is 31.8 Å². The fraction of sp³-hybridized carbons (Fsp3) is 0.625. The molecule has 0 fully saturated rings. The first kappa shape index (κ1) is 13.0. The molecular formula is C8H12F3NO2. The fourth-order valence-corrected chi connectivity index (χ4v) is 0.660. The summed E-state index contributed by atoms with van der Waals surface area (Å²) in [5.41, 5.74) is -0.0175. The molecule has 0 amide bonds. The Kier molecular flexibility index (Phi) is 5.22. The van der Waals surface area contributed by atoms with Crippen LogP contribution in [0.25, 0.3) is 0 Å². The molecule has 0 heterocycles. The maximum Gasteiger partial charge on any atom is 0.401 e. The number of nitrogens with one attached hydrogen (secondary N) is 1. The van der Waals surface area contributed by atoms with E-state index in [1.54, 1.807) is 6.92 Å². The van der Waals surface area contributed by atoms with Crippen LogP contribution in [0.3, 0.4) is 0 Å².